The third-order valence-electron chi connectivity index (χ3n) is 6.87. The molecule has 0 aromatic carbocycles. The second-order valence-electron chi connectivity index (χ2n) is 8.84. The van der Waals surface area contributed by atoms with Crippen molar-refractivity contribution in [3.63, 3.8) is 0 Å². The van der Waals surface area contributed by atoms with Crippen LogP contribution in [0.5, 0.6) is 0 Å². The normalized spacial score (nSPS) is 26.3. The Bertz CT molecular complexity index is 866. The van der Waals surface area contributed by atoms with Gasteiger partial charge in [-0.1, -0.05) is 13.0 Å². The van der Waals surface area contributed by atoms with Crippen molar-refractivity contribution in [2.75, 3.05) is 37.7 Å². The minimum atomic E-state index is -0.689. The molecule has 0 saturated carbocycles. The number of β-amino-alcohol motifs (C(OH)–C–C–N with tert-alkyl or cyclic N) is 2. The van der Waals surface area contributed by atoms with Gasteiger partial charge in [0.25, 0.3) is 0 Å². The zero-order chi connectivity index (χ0) is 20.7. The molecule has 3 aliphatic rings. The van der Waals surface area contributed by atoms with Gasteiger partial charge in [0.05, 0.1) is 24.4 Å². The maximum atomic E-state index is 9.75. The average molecular weight is 430 g/mol. The Morgan fingerprint density at radius 1 is 1.20 bits per heavy atom. The molecule has 5 heterocycles. The molecule has 0 aliphatic carbocycles. The summed E-state index contributed by atoms with van der Waals surface area (Å²) in [5, 5.41) is 19.5. The molecule has 3 aliphatic heterocycles. The second kappa shape index (κ2) is 8.20. The van der Waals surface area contributed by atoms with E-state index in [2.05, 4.69) is 28.9 Å². The number of nitrogens with zero attached hydrogens (tertiary/aromatic N) is 3. The first kappa shape index (κ1) is 20.4. The SMILES string of the molecule is CCc1cc2c(s1)CCOC21CCN(Cc2ccc(N3C[C@@H](O)[C@H](O)C3)nc2)CC1. The van der Waals surface area contributed by atoms with E-state index < -0.39 is 12.2 Å². The molecule has 0 bridgehead atoms. The summed E-state index contributed by atoms with van der Waals surface area (Å²) < 4.78 is 6.40. The molecule has 0 radical (unpaired) electrons. The standard InChI is InChI=1S/C23H31N3O3S/c1-2-17-11-18-21(30-17)5-10-29-23(18)6-8-25(9-7-23)13-16-3-4-22(24-12-16)26-14-19(27)20(28)15-26/h3-4,11-12,19-20,27-28H,2,5-10,13-15H2,1H3/t19-,20-/m1/s1. The Hall–Kier alpha value is -1.51. The average Bonchev–Trinajstić information content (AvgIpc) is 3.34. The van der Waals surface area contributed by atoms with E-state index in [-0.39, 0.29) is 5.60 Å². The maximum Gasteiger partial charge on any atom is 0.128 e. The first-order chi connectivity index (χ1) is 14.6. The number of ether oxygens (including phenoxy) is 1. The number of piperidine rings is 1. The Morgan fingerprint density at radius 2 is 1.97 bits per heavy atom. The molecule has 2 aromatic rings. The Morgan fingerprint density at radius 3 is 2.63 bits per heavy atom. The smallest absolute Gasteiger partial charge is 0.128 e. The summed E-state index contributed by atoms with van der Waals surface area (Å²) in [6.07, 6.45) is 4.83. The van der Waals surface area contributed by atoms with Crippen LogP contribution in [0.15, 0.2) is 24.4 Å². The van der Waals surface area contributed by atoms with Crippen LogP contribution in [0.2, 0.25) is 0 Å². The Balaban J connectivity index is 1.21. The van der Waals surface area contributed by atoms with Gasteiger partial charge in [0, 0.05) is 55.1 Å². The molecule has 1 spiro atoms. The lowest BCUT2D eigenvalue weighted by Crippen LogP contribution is -2.45. The number of hydrogen-bond acceptors (Lipinski definition) is 7. The molecule has 2 saturated heterocycles. The van der Waals surface area contributed by atoms with Gasteiger partial charge in [-0.2, -0.15) is 0 Å². The lowest BCUT2D eigenvalue weighted by Gasteiger charge is -2.44. The van der Waals surface area contributed by atoms with Gasteiger partial charge in [-0.3, -0.25) is 4.90 Å². The molecule has 2 N–H and O–H groups in total. The summed E-state index contributed by atoms with van der Waals surface area (Å²) >= 11 is 1.98. The predicted molar refractivity (Wildman–Crippen MR) is 118 cm³/mol. The molecule has 7 heteroatoms. The number of aliphatic hydroxyl groups is 2. The fourth-order valence-electron chi connectivity index (χ4n) is 5.04. The fraction of sp³-hybridized carbons (Fsp3) is 0.609. The summed E-state index contributed by atoms with van der Waals surface area (Å²) in [6, 6.07) is 6.52. The number of likely N-dealkylation sites (tertiary alicyclic amines) is 1. The van der Waals surface area contributed by atoms with Crippen molar-refractivity contribution < 1.29 is 14.9 Å². The molecule has 2 fully saturated rings. The van der Waals surface area contributed by atoms with E-state index in [0.717, 1.165) is 57.7 Å². The zero-order valence-corrected chi connectivity index (χ0v) is 18.4. The Kier molecular flexibility index (Phi) is 5.58. The summed E-state index contributed by atoms with van der Waals surface area (Å²) in [7, 11) is 0. The Labute approximate surface area is 182 Å². The van der Waals surface area contributed by atoms with E-state index in [1.54, 1.807) is 4.88 Å². The van der Waals surface area contributed by atoms with E-state index in [1.807, 2.05) is 28.5 Å². The topological polar surface area (TPSA) is 69.1 Å². The molecule has 5 rings (SSSR count). The highest BCUT2D eigenvalue weighted by atomic mass is 32.1. The molecular weight excluding hydrogens is 398 g/mol. The van der Waals surface area contributed by atoms with Gasteiger partial charge < -0.3 is 19.8 Å². The van der Waals surface area contributed by atoms with Gasteiger partial charge in [-0.25, -0.2) is 4.98 Å². The second-order valence-corrected chi connectivity index (χ2v) is 10.1. The fourth-order valence-corrected chi connectivity index (χ4v) is 6.22. The van der Waals surface area contributed by atoms with Crippen molar-refractivity contribution in [2.45, 2.75) is 57.0 Å². The number of aryl methyl sites for hydroxylation is 1. The van der Waals surface area contributed by atoms with E-state index in [0.29, 0.717) is 13.1 Å². The number of fused-ring (bicyclic) bond motifs is 2. The van der Waals surface area contributed by atoms with Crippen molar-refractivity contribution in [3.8, 4) is 0 Å². The number of rotatable bonds is 4. The lowest BCUT2D eigenvalue weighted by atomic mass is 9.82. The minimum absolute atomic E-state index is 0.0759. The van der Waals surface area contributed by atoms with E-state index in [4.69, 9.17) is 4.74 Å². The molecule has 162 valence electrons. The van der Waals surface area contributed by atoms with Crippen molar-refractivity contribution in [3.05, 3.63) is 45.3 Å². The molecule has 2 aromatic heterocycles. The molecule has 0 unspecified atom stereocenters. The van der Waals surface area contributed by atoms with Crippen LogP contribution in [0.3, 0.4) is 0 Å². The number of aromatic nitrogens is 1. The summed E-state index contributed by atoms with van der Waals surface area (Å²) in [5.74, 6) is 0.819. The van der Waals surface area contributed by atoms with Crippen LogP contribution in [-0.4, -0.2) is 65.1 Å². The van der Waals surface area contributed by atoms with Gasteiger partial charge in [-0.05, 0) is 42.5 Å². The highest BCUT2D eigenvalue weighted by Crippen LogP contribution is 2.44. The molecule has 0 amide bonds. The van der Waals surface area contributed by atoms with Gasteiger partial charge in [-0.15, -0.1) is 11.3 Å². The van der Waals surface area contributed by atoms with E-state index in [1.165, 1.54) is 16.0 Å². The monoisotopic (exact) mass is 429 g/mol. The largest absolute Gasteiger partial charge is 0.389 e. The van der Waals surface area contributed by atoms with Crippen molar-refractivity contribution in [1.82, 2.24) is 9.88 Å². The number of pyridine rings is 1. The van der Waals surface area contributed by atoms with E-state index in [9.17, 15) is 10.2 Å². The molecular formula is C23H31N3O3S. The quantitative estimate of drug-likeness (QED) is 0.777. The van der Waals surface area contributed by atoms with Crippen molar-refractivity contribution in [1.29, 1.82) is 0 Å². The lowest BCUT2D eigenvalue weighted by molar-refractivity contribution is -0.0981. The van der Waals surface area contributed by atoms with Crippen LogP contribution in [-0.2, 0) is 29.7 Å². The number of anilines is 1. The third kappa shape index (κ3) is 3.78. The number of hydrogen-bond donors (Lipinski definition) is 2. The van der Waals surface area contributed by atoms with Crippen LogP contribution in [0.25, 0.3) is 0 Å². The van der Waals surface area contributed by atoms with E-state index >= 15 is 0 Å². The first-order valence-electron chi connectivity index (χ1n) is 11.1. The summed E-state index contributed by atoms with van der Waals surface area (Å²) in [4.78, 5) is 12.0. The molecule has 30 heavy (non-hydrogen) atoms. The summed E-state index contributed by atoms with van der Waals surface area (Å²) in [6.45, 7) is 6.91. The van der Waals surface area contributed by atoms with Crippen molar-refractivity contribution >= 4 is 17.2 Å². The zero-order valence-electron chi connectivity index (χ0n) is 17.6. The van der Waals surface area contributed by atoms with Crippen LogP contribution in [0.4, 0.5) is 5.82 Å². The van der Waals surface area contributed by atoms with Gasteiger partial charge in [0.1, 0.15) is 5.82 Å². The van der Waals surface area contributed by atoms with Crippen molar-refractivity contribution in [2.24, 2.45) is 0 Å². The van der Waals surface area contributed by atoms with Crippen LogP contribution in [0, 0.1) is 0 Å². The molecule has 6 nitrogen and oxygen atoms in total. The highest BCUT2D eigenvalue weighted by Gasteiger charge is 2.41. The minimum Gasteiger partial charge on any atom is -0.389 e. The van der Waals surface area contributed by atoms with Gasteiger partial charge in [0.15, 0.2) is 0 Å². The van der Waals surface area contributed by atoms with Crippen LogP contribution in [0.1, 0.15) is 40.6 Å². The molecule has 2 atom stereocenters. The van der Waals surface area contributed by atoms with Crippen LogP contribution >= 0.6 is 11.3 Å². The third-order valence-corrected chi connectivity index (χ3v) is 8.21. The predicted octanol–water partition coefficient (Wildman–Crippen LogP) is 2.31. The number of thiophene rings is 1. The highest BCUT2D eigenvalue weighted by molar-refractivity contribution is 7.12. The summed E-state index contributed by atoms with van der Waals surface area (Å²) in [5.41, 5.74) is 2.59. The van der Waals surface area contributed by atoms with Crippen LogP contribution < -0.4 is 4.90 Å². The first-order valence-corrected chi connectivity index (χ1v) is 11.9. The van der Waals surface area contributed by atoms with Gasteiger partial charge >= 0.3 is 0 Å². The number of aliphatic hydroxyl groups excluding tert-OH is 2. The van der Waals surface area contributed by atoms with Gasteiger partial charge in [0.2, 0.25) is 0 Å². The maximum absolute atomic E-state index is 9.75.